The number of benzene rings is 3. The lowest BCUT2D eigenvalue weighted by Crippen LogP contribution is -2.49. The van der Waals surface area contributed by atoms with Gasteiger partial charge in [-0.2, -0.15) is 0 Å². The molecule has 4 aromatic rings. The van der Waals surface area contributed by atoms with Crippen molar-refractivity contribution in [3.8, 4) is 5.75 Å². The lowest BCUT2D eigenvalue weighted by atomic mass is 9.82. The normalized spacial score (nSPS) is 23.3. The van der Waals surface area contributed by atoms with Gasteiger partial charge >= 0.3 is 0 Å². The van der Waals surface area contributed by atoms with Crippen molar-refractivity contribution >= 4 is 37.2 Å². The van der Waals surface area contributed by atoms with Gasteiger partial charge in [-0.05, 0) is 99.8 Å². The molecule has 14 heteroatoms. The second-order valence-corrected chi connectivity index (χ2v) is 19.7. The Kier molecular flexibility index (Phi) is 11.8. The number of aromatic nitrogens is 3. The largest absolute Gasteiger partial charge is 0.494 e. The number of amides is 2. The number of nitrogens with one attached hydrogen (secondary N) is 1. The number of ether oxygens (including phenoxy) is 2. The summed E-state index contributed by atoms with van der Waals surface area (Å²) < 4.78 is 14.7. The maximum Gasteiger partial charge on any atom is 0.264 e. The second kappa shape index (κ2) is 16.6. The minimum Gasteiger partial charge on any atom is -0.494 e. The van der Waals surface area contributed by atoms with Crippen LogP contribution in [0.15, 0.2) is 72.9 Å². The monoisotopic (exact) mass is 782 g/mol. The average molecular weight is 783 g/mol. The summed E-state index contributed by atoms with van der Waals surface area (Å²) in [5.41, 5.74) is 3.65. The topological polar surface area (TPSA) is 163 Å². The molecule has 1 fully saturated rings. The molecule has 1 aromatic heterocycles. The van der Waals surface area contributed by atoms with Gasteiger partial charge < -0.3 is 34.7 Å². The standard InChI is InChI=1S/C42H54N6O7Si/c1-5-54-33-14-16-36-30(23-33)24-35(43-19-9-10-21-49)40(51)48(36)32-13-15-37-34(25-32)42(41(52)47(37)26-29-11-7-6-8-12-29)28(2)39(56(3,4)53)38(55-42)17-20-46-27-31(18-22-50)44-45-46/h6-8,11-16,23,25,27-28,35,38-39,43,49-50,53H,5,9-10,17-22,24,26H2,1-4H3/t28-,35?,38+,39-,42+/m1/s1. The molecule has 0 bridgehead atoms. The van der Waals surface area contributed by atoms with Crippen molar-refractivity contribution in [2.45, 2.75) is 95.4 Å². The SMILES string of the molecule is CCOc1ccc2c(c1)CC(NCCCCO)C(=O)N2c1ccc2c(c1)[C@]1(O[C@@H](CCn3cc(CCO)nn3)[C@H]([Si](C)(C)O)[C@H]1C)C(=O)N2Cc1ccccc1. The number of aryl methyl sites for hydroxylation is 1. The first kappa shape index (κ1) is 39.8. The van der Waals surface area contributed by atoms with Gasteiger partial charge in [0.05, 0.1) is 42.4 Å². The predicted octanol–water partition coefficient (Wildman–Crippen LogP) is 4.60. The molecule has 7 rings (SSSR count). The van der Waals surface area contributed by atoms with Crippen LogP contribution in [0.2, 0.25) is 18.6 Å². The third-order valence-corrected chi connectivity index (χ3v) is 14.0. The number of rotatable bonds is 16. The smallest absolute Gasteiger partial charge is 0.264 e. The number of nitrogens with zero attached hydrogens (tertiary/aromatic N) is 5. The number of aliphatic hydroxyl groups is 2. The Bertz CT molecular complexity index is 2020. The zero-order valence-corrected chi connectivity index (χ0v) is 33.7. The molecule has 5 atom stereocenters. The summed E-state index contributed by atoms with van der Waals surface area (Å²) in [5.74, 6) is 0.0267. The Hall–Kier alpha value is -4.44. The Morgan fingerprint density at radius 3 is 2.54 bits per heavy atom. The van der Waals surface area contributed by atoms with E-state index in [9.17, 15) is 19.8 Å². The summed E-state index contributed by atoms with van der Waals surface area (Å²) in [4.78, 5) is 45.2. The fourth-order valence-corrected chi connectivity index (χ4v) is 11.7. The number of carbonyl (C=O) groups is 2. The van der Waals surface area contributed by atoms with Gasteiger partial charge in [-0.1, -0.05) is 42.5 Å². The fourth-order valence-electron chi connectivity index (χ4n) is 9.05. The minimum atomic E-state index is -2.96. The van der Waals surface area contributed by atoms with Crippen LogP contribution in [-0.2, 0) is 45.9 Å². The van der Waals surface area contributed by atoms with Crippen molar-refractivity contribution in [1.29, 1.82) is 0 Å². The zero-order chi connectivity index (χ0) is 39.6. The van der Waals surface area contributed by atoms with Crippen LogP contribution in [0.4, 0.5) is 17.1 Å². The van der Waals surface area contributed by atoms with Crippen molar-refractivity contribution in [2.75, 3.05) is 36.2 Å². The molecule has 56 heavy (non-hydrogen) atoms. The van der Waals surface area contributed by atoms with Crippen LogP contribution in [0.5, 0.6) is 5.75 Å². The second-order valence-electron chi connectivity index (χ2n) is 15.7. The van der Waals surface area contributed by atoms with Gasteiger partial charge in [-0.25, -0.2) is 0 Å². The lowest BCUT2D eigenvalue weighted by Gasteiger charge is -2.36. The highest BCUT2D eigenvalue weighted by molar-refractivity contribution is 6.71. The Morgan fingerprint density at radius 2 is 1.80 bits per heavy atom. The first-order chi connectivity index (χ1) is 27.0. The summed E-state index contributed by atoms with van der Waals surface area (Å²) >= 11 is 0. The van der Waals surface area contributed by atoms with Crippen molar-refractivity contribution in [1.82, 2.24) is 20.3 Å². The highest BCUT2D eigenvalue weighted by Gasteiger charge is 2.66. The third kappa shape index (κ3) is 7.53. The maximum absolute atomic E-state index is 15.2. The van der Waals surface area contributed by atoms with E-state index in [1.807, 2.05) is 99.9 Å². The van der Waals surface area contributed by atoms with Gasteiger partial charge in [0.25, 0.3) is 5.91 Å². The van der Waals surface area contributed by atoms with Crippen LogP contribution >= 0.6 is 0 Å². The molecule has 4 heterocycles. The van der Waals surface area contributed by atoms with E-state index < -0.39 is 32.0 Å². The predicted molar refractivity (Wildman–Crippen MR) is 215 cm³/mol. The number of unbranched alkanes of at least 4 members (excludes halogenated alkanes) is 1. The first-order valence-electron chi connectivity index (χ1n) is 19.8. The molecule has 298 valence electrons. The average Bonchev–Trinajstić information content (AvgIpc) is 3.82. The summed E-state index contributed by atoms with van der Waals surface area (Å²) in [7, 11) is -2.96. The summed E-state index contributed by atoms with van der Waals surface area (Å²) in [6.07, 6.45) is 4.08. The van der Waals surface area contributed by atoms with E-state index in [0.29, 0.717) is 74.6 Å². The Labute approximate surface area is 329 Å². The van der Waals surface area contributed by atoms with E-state index >= 15 is 4.79 Å². The van der Waals surface area contributed by atoms with Crippen LogP contribution in [0.3, 0.4) is 0 Å². The fraction of sp³-hybridized carbons (Fsp3) is 0.476. The zero-order valence-electron chi connectivity index (χ0n) is 32.7. The van der Waals surface area contributed by atoms with Crippen LogP contribution in [0.1, 0.15) is 55.5 Å². The van der Waals surface area contributed by atoms with E-state index in [2.05, 4.69) is 15.6 Å². The first-order valence-corrected chi connectivity index (χ1v) is 22.9. The molecule has 13 nitrogen and oxygen atoms in total. The van der Waals surface area contributed by atoms with Gasteiger partial charge in [0.15, 0.2) is 13.9 Å². The van der Waals surface area contributed by atoms with Crippen LogP contribution < -0.4 is 19.9 Å². The molecule has 3 aromatic carbocycles. The van der Waals surface area contributed by atoms with Crippen LogP contribution in [-0.4, -0.2) is 88.6 Å². The molecule has 3 aliphatic rings. The summed E-state index contributed by atoms with van der Waals surface area (Å²) in [6.45, 7) is 9.72. The van der Waals surface area contributed by atoms with E-state index in [1.165, 1.54) is 0 Å². The third-order valence-electron chi connectivity index (χ3n) is 11.5. The number of carbonyl (C=O) groups excluding carboxylic acids is 2. The van der Waals surface area contributed by atoms with Crippen molar-refractivity contribution in [3.05, 3.63) is 95.3 Å². The van der Waals surface area contributed by atoms with Gasteiger partial charge in [-0.15, -0.1) is 5.10 Å². The summed E-state index contributed by atoms with van der Waals surface area (Å²) in [6, 6.07) is 20.9. The van der Waals surface area contributed by atoms with Crippen molar-refractivity contribution in [3.63, 3.8) is 0 Å². The summed E-state index contributed by atoms with van der Waals surface area (Å²) in [5, 5.41) is 30.6. The molecule has 0 radical (unpaired) electrons. The van der Waals surface area contributed by atoms with E-state index in [0.717, 1.165) is 29.0 Å². The number of anilines is 3. The highest BCUT2D eigenvalue weighted by Crippen LogP contribution is 2.60. The van der Waals surface area contributed by atoms with Gasteiger partial charge in [-0.3, -0.25) is 19.2 Å². The molecular weight excluding hydrogens is 729 g/mol. The quantitative estimate of drug-likeness (QED) is 0.0934. The molecule has 1 spiro atoms. The van der Waals surface area contributed by atoms with E-state index in [1.54, 1.807) is 14.5 Å². The Balaban J connectivity index is 1.31. The van der Waals surface area contributed by atoms with Gasteiger partial charge in [0.2, 0.25) is 5.91 Å². The number of fused-ring (bicyclic) bond motifs is 3. The number of hydrogen-bond acceptors (Lipinski definition) is 10. The number of hydrogen-bond donors (Lipinski definition) is 4. The minimum absolute atomic E-state index is 0.0233. The highest BCUT2D eigenvalue weighted by atomic mass is 28.4. The molecule has 4 N–H and O–H groups in total. The van der Waals surface area contributed by atoms with E-state index in [4.69, 9.17) is 9.47 Å². The Morgan fingerprint density at radius 1 is 1.02 bits per heavy atom. The van der Waals surface area contributed by atoms with Crippen LogP contribution in [0, 0.1) is 5.92 Å². The molecule has 1 saturated heterocycles. The lowest BCUT2D eigenvalue weighted by molar-refractivity contribution is -0.146. The van der Waals surface area contributed by atoms with Crippen LogP contribution in [0.25, 0.3) is 0 Å². The van der Waals surface area contributed by atoms with Crippen molar-refractivity contribution < 1.29 is 34.1 Å². The number of aliphatic hydroxyl groups excluding tert-OH is 2. The molecule has 1 unspecified atom stereocenters. The molecule has 2 amide bonds. The van der Waals surface area contributed by atoms with E-state index in [-0.39, 0.29) is 30.6 Å². The molecule has 0 aliphatic carbocycles. The molecular formula is C42H54N6O7Si. The maximum atomic E-state index is 15.2. The van der Waals surface area contributed by atoms with Crippen molar-refractivity contribution in [2.24, 2.45) is 5.92 Å². The molecule has 3 aliphatic heterocycles. The van der Waals surface area contributed by atoms with Gasteiger partial charge in [0.1, 0.15) is 5.75 Å². The molecule has 0 saturated carbocycles. The van der Waals surface area contributed by atoms with Gasteiger partial charge in [0, 0.05) is 55.1 Å².